The molecule has 2 N–H and O–H groups in total. The second kappa shape index (κ2) is 7.70. The van der Waals surface area contributed by atoms with Gasteiger partial charge in [0.2, 0.25) is 5.91 Å². The van der Waals surface area contributed by atoms with Gasteiger partial charge in [0.1, 0.15) is 5.82 Å². The van der Waals surface area contributed by atoms with E-state index in [2.05, 4.69) is 9.88 Å². The van der Waals surface area contributed by atoms with Gasteiger partial charge in [-0.3, -0.25) is 4.79 Å². The Morgan fingerprint density at radius 2 is 1.88 bits per heavy atom. The van der Waals surface area contributed by atoms with Crippen LogP contribution >= 0.6 is 11.6 Å². The van der Waals surface area contributed by atoms with Crippen LogP contribution in [0.1, 0.15) is 38.5 Å². The van der Waals surface area contributed by atoms with Crippen LogP contribution in [0.15, 0.2) is 18.3 Å². The molecule has 1 saturated carbocycles. The van der Waals surface area contributed by atoms with Gasteiger partial charge in [-0.2, -0.15) is 0 Å². The fraction of sp³-hybridized carbons (Fsp3) is 0.667. The van der Waals surface area contributed by atoms with E-state index in [-0.39, 0.29) is 11.3 Å². The first-order valence-electron chi connectivity index (χ1n) is 8.96. The lowest BCUT2D eigenvalue weighted by Gasteiger charge is -2.40. The Bertz CT molecular complexity index is 549. The number of carbonyl (C=O) groups excluding carboxylic acids is 1. The van der Waals surface area contributed by atoms with Crippen LogP contribution in [0.25, 0.3) is 0 Å². The van der Waals surface area contributed by atoms with E-state index in [1.165, 1.54) is 19.3 Å². The molecule has 0 radical (unpaired) electrons. The summed E-state index contributed by atoms with van der Waals surface area (Å²) in [5, 5.41) is 0.645. The molecule has 0 aromatic carbocycles. The molecule has 1 aliphatic heterocycles. The van der Waals surface area contributed by atoms with Crippen molar-refractivity contribution in [3.8, 4) is 0 Å². The Morgan fingerprint density at radius 1 is 1.17 bits per heavy atom. The molecule has 1 saturated heterocycles. The standard InChI is InChI=1S/C18H27ClN4O/c19-15-4-5-16(21-13-15)22-8-10-23(11-9-22)17(24)12-18(14-20)6-2-1-3-7-18/h4-5,13H,1-3,6-12,14,20H2. The van der Waals surface area contributed by atoms with Gasteiger partial charge < -0.3 is 15.5 Å². The lowest BCUT2D eigenvalue weighted by atomic mass is 9.71. The molecule has 6 heteroatoms. The Labute approximate surface area is 149 Å². The highest BCUT2D eigenvalue weighted by Crippen LogP contribution is 2.38. The number of hydrogen-bond donors (Lipinski definition) is 1. The van der Waals surface area contributed by atoms with Crippen LogP contribution in [0.5, 0.6) is 0 Å². The lowest BCUT2D eigenvalue weighted by molar-refractivity contribution is -0.134. The summed E-state index contributed by atoms with van der Waals surface area (Å²) in [6, 6.07) is 3.79. The average Bonchev–Trinajstić information content (AvgIpc) is 2.63. The van der Waals surface area contributed by atoms with Crippen LogP contribution in [-0.2, 0) is 4.79 Å². The largest absolute Gasteiger partial charge is 0.353 e. The predicted octanol–water partition coefficient (Wildman–Crippen LogP) is 2.68. The summed E-state index contributed by atoms with van der Waals surface area (Å²) < 4.78 is 0. The van der Waals surface area contributed by atoms with Crippen molar-refractivity contribution in [3.05, 3.63) is 23.4 Å². The van der Waals surface area contributed by atoms with Crippen LogP contribution in [0.4, 0.5) is 5.82 Å². The van der Waals surface area contributed by atoms with Crippen LogP contribution in [0, 0.1) is 5.41 Å². The second-order valence-electron chi connectivity index (χ2n) is 7.14. The minimum Gasteiger partial charge on any atom is -0.353 e. The van der Waals surface area contributed by atoms with Crippen molar-refractivity contribution in [1.82, 2.24) is 9.88 Å². The van der Waals surface area contributed by atoms with E-state index in [9.17, 15) is 4.79 Å². The monoisotopic (exact) mass is 350 g/mol. The van der Waals surface area contributed by atoms with Crippen molar-refractivity contribution in [1.29, 1.82) is 0 Å². The number of pyridine rings is 1. The zero-order valence-electron chi connectivity index (χ0n) is 14.2. The fourth-order valence-corrected chi connectivity index (χ4v) is 4.04. The van der Waals surface area contributed by atoms with Crippen molar-refractivity contribution in [3.63, 3.8) is 0 Å². The van der Waals surface area contributed by atoms with Crippen LogP contribution in [0.2, 0.25) is 5.02 Å². The molecule has 2 aliphatic rings. The molecule has 1 aliphatic carbocycles. The molecule has 1 aromatic rings. The highest BCUT2D eigenvalue weighted by Gasteiger charge is 2.35. The number of aromatic nitrogens is 1. The van der Waals surface area contributed by atoms with Gasteiger partial charge in [-0.1, -0.05) is 30.9 Å². The van der Waals surface area contributed by atoms with Gasteiger partial charge in [0.05, 0.1) is 5.02 Å². The number of amides is 1. The molecule has 2 heterocycles. The van der Waals surface area contributed by atoms with E-state index >= 15 is 0 Å². The van der Waals surface area contributed by atoms with Gasteiger partial charge >= 0.3 is 0 Å². The zero-order valence-corrected chi connectivity index (χ0v) is 15.0. The first kappa shape index (κ1) is 17.5. The molecule has 0 spiro atoms. The third-order valence-electron chi connectivity index (χ3n) is 5.54. The zero-order chi connectivity index (χ0) is 17.0. The van der Waals surface area contributed by atoms with Crippen LogP contribution in [0.3, 0.4) is 0 Å². The van der Waals surface area contributed by atoms with E-state index in [0.717, 1.165) is 44.8 Å². The minimum atomic E-state index is 0.0458. The maximum atomic E-state index is 12.7. The Kier molecular flexibility index (Phi) is 5.61. The normalized spacial score (nSPS) is 20.9. The van der Waals surface area contributed by atoms with Crippen molar-refractivity contribution in [2.24, 2.45) is 11.1 Å². The quantitative estimate of drug-likeness (QED) is 0.906. The molecule has 0 unspecified atom stereocenters. The molecule has 0 bridgehead atoms. The third-order valence-corrected chi connectivity index (χ3v) is 5.77. The average molecular weight is 351 g/mol. The summed E-state index contributed by atoms with van der Waals surface area (Å²) >= 11 is 5.89. The number of piperazine rings is 1. The fourth-order valence-electron chi connectivity index (χ4n) is 3.93. The molecule has 1 aromatic heterocycles. The summed E-state index contributed by atoms with van der Waals surface area (Å²) in [6.07, 6.45) is 8.18. The minimum absolute atomic E-state index is 0.0458. The smallest absolute Gasteiger partial charge is 0.223 e. The number of rotatable bonds is 4. The summed E-state index contributed by atoms with van der Waals surface area (Å²) in [6.45, 7) is 3.77. The van der Waals surface area contributed by atoms with E-state index in [0.29, 0.717) is 18.0 Å². The van der Waals surface area contributed by atoms with E-state index < -0.39 is 0 Å². The van der Waals surface area contributed by atoms with Gasteiger partial charge in [0.15, 0.2) is 0 Å². The van der Waals surface area contributed by atoms with Gasteiger partial charge in [-0.05, 0) is 36.9 Å². The maximum absolute atomic E-state index is 12.7. The number of nitrogens with zero attached hydrogens (tertiary/aromatic N) is 3. The van der Waals surface area contributed by atoms with Crippen LogP contribution < -0.4 is 10.6 Å². The highest BCUT2D eigenvalue weighted by molar-refractivity contribution is 6.30. The highest BCUT2D eigenvalue weighted by atomic mass is 35.5. The maximum Gasteiger partial charge on any atom is 0.223 e. The van der Waals surface area contributed by atoms with E-state index in [4.69, 9.17) is 17.3 Å². The second-order valence-corrected chi connectivity index (χ2v) is 7.58. The van der Waals surface area contributed by atoms with E-state index in [1.807, 2.05) is 17.0 Å². The van der Waals surface area contributed by atoms with E-state index in [1.54, 1.807) is 6.20 Å². The first-order chi connectivity index (χ1) is 11.6. The molecule has 132 valence electrons. The Hall–Kier alpha value is -1.33. The summed E-state index contributed by atoms with van der Waals surface area (Å²) in [5.41, 5.74) is 6.07. The Morgan fingerprint density at radius 3 is 2.46 bits per heavy atom. The Balaban J connectivity index is 1.54. The molecule has 2 fully saturated rings. The molecule has 1 amide bonds. The predicted molar refractivity (Wildman–Crippen MR) is 97.2 cm³/mol. The van der Waals surface area contributed by atoms with Gasteiger partial charge in [0.25, 0.3) is 0 Å². The number of nitrogens with two attached hydrogens (primary N) is 1. The molecule has 24 heavy (non-hydrogen) atoms. The number of hydrogen-bond acceptors (Lipinski definition) is 4. The summed E-state index contributed by atoms with van der Waals surface area (Å²) in [5.74, 6) is 1.20. The van der Waals surface area contributed by atoms with Crippen molar-refractivity contribution in [2.75, 3.05) is 37.6 Å². The molecule has 5 nitrogen and oxygen atoms in total. The van der Waals surface area contributed by atoms with Crippen LogP contribution in [-0.4, -0.2) is 48.5 Å². The van der Waals surface area contributed by atoms with Crippen molar-refractivity contribution < 1.29 is 4.79 Å². The first-order valence-corrected chi connectivity index (χ1v) is 9.34. The summed E-state index contributed by atoms with van der Waals surface area (Å²) in [4.78, 5) is 21.3. The molecule has 3 rings (SSSR count). The molecule has 0 atom stereocenters. The number of anilines is 1. The number of carbonyl (C=O) groups is 1. The van der Waals surface area contributed by atoms with Gasteiger partial charge in [0, 0.05) is 38.8 Å². The topological polar surface area (TPSA) is 62.5 Å². The molecular formula is C18H27ClN4O. The summed E-state index contributed by atoms with van der Waals surface area (Å²) in [7, 11) is 0. The lowest BCUT2D eigenvalue weighted by Crippen LogP contribution is -2.50. The third kappa shape index (κ3) is 4.01. The molecular weight excluding hydrogens is 324 g/mol. The van der Waals surface area contributed by atoms with Crippen molar-refractivity contribution in [2.45, 2.75) is 38.5 Å². The number of halogens is 1. The SMILES string of the molecule is NCC1(CC(=O)N2CCN(c3ccc(Cl)cn3)CC2)CCCCC1. The van der Waals surface area contributed by atoms with Gasteiger partial charge in [-0.25, -0.2) is 4.98 Å². The van der Waals surface area contributed by atoms with Crippen molar-refractivity contribution >= 4 is 23.3 Å². The van der Waals surface area contributed by atoms with Gasteiger partial charge in [-0.15, -0.1) is 0 Å².